The van der Waals surface area contributed by atoms with Crippen LogP contribution in [-0.4, -0.2) is 31.9 Å². The number of hydrogen-bond acceptors (Lipinski definition) is 5. The number of phenolic OH excluding ortho intramolecular Hbond substituents is 2. The Balaban J connectivity index is 1.58. The molecule has 0 radical (unpaired) electrons. The van der Waals surface area contributed by atoms with Crippen LogP contribution < -0.4 is 5.32 Å². The molecule has 0 bridgehead atoms. The van der Waals surface area contributed by atoms with Gasteiger partial charge in [0.05, 0.1) is 5.52 Å². The molecule has 4 aromatic carbocycles. The Morgan fingerprint density at radius 2 is 1.50 bits per heavy atom. The number of phenols is 2. The summed E-state index contributed by atoms with van der Waals surface area (Å²) >= 11 is 6.72. The fourth-order valence-corrected chi connectivity index (χ4v) is 4.87. The first-order chi connectivity index (χ1) is 20.4. The van der Waals surface area contributed by atoms with E-state index in [9.17, 15) is 19.8 Å². The number of fused-ring (bicyclic) bond motifs is 1. The fraction of sp³-hybridized carbons (Fsp3) is 0.0882. The summed E-state index contributed by atoms with van der Waals surface area (Å²) in [7, 11) is 0. The lowest BCUT2D eigenvalue weighted by Gasteiger charge is -2.31. The standard InChI is InChI=1S/C34H28ClN3O4/c35-33-27(20-26-13-7-8-14-28(26)37-33)32(34(42)36-21-24-9-3-1-4-10-24)38(22-25-11-5-2-6-12-25)31(41)18-16-23-15-17-29(39)30(40)19-23/h1-20,32,39-40H,21-22H2,(H,36,42)/b18-16+. The maximum absolute atomic E-state index is 14.0. The van der Waals surface area contributed by atoms with E-state index in [0.717, 1.165) is 16.5 Å². The van der Waals surface area contributed by atoms with Crippen molar-refractivity contribution in [3.8, 4) is 11.5 Å². The van der Waals surface area contributed by atoms with Crippen LogP contribution in [0.1, 0.15) is 28.3 Å². The molecule has 0 spiro atoms. The van der Waals surface area contributed by atoms with Gasteiger partial charge in [-0.1, -0.05) is 96.5 Å². The summed E-state index contributed by atoms with van der Waals surface area (Å²) in [4.78, 5) is 33.9. The van der Waals surface area contributed by atoms with Gasteiger partial charge in [0, 0.05) is 30.1 Å². The molecule has 0 aliphatic rings. The minimum Gasteiger partial charge on any atom is -0.504 e. The Labute approximate surface area is 248 Å². The smallest absolute Gasteiger partial charge is 0.247 e. The third-order valence-corrected chi connectivity index (χ3v) is 7.07. The first-order valence-corrected chi connectivity index (χ1v) is 13.7. The largest absolute Gasteiger partial charge is 0.504 e. The first-order valence-electron chi connectivity index (χ1n) is 13.3. The molecule has 3 N–H and O–H groups in total. The molecule has 5 rings (SSSR count). The Morgan fingerprint density at radius 1 is 0.833 bits per heavy atom. The monoisotopic (exact) mass is 577 g/mol. The van der Waals surface area contributed by atoms with Crippen LogP contribution in [0.15, 0.2) is 115 Å². The van der Waals surface area contributed by atoms with E-state index in [4.69, 9.17) is 11.6 Å². The Hall–Kier alpha value is -5.14. The van der Waals surface area contributed by atoms with E-state index < -0.39 is 17.9 Å². The van der Waals surface area contributed by atoms with Gasteiger partial charge in [-0.3, -0.25) is 9.59 Å². The predicted molar refractivity (Wildman–Crippen MR) is 164 cm³/mol. The molecule has 210 valence electrons. The van der Waals surface area contributed by atoms with Gasteiger partial charge in [0.2, 0.25) is 11.8 Å². The lowest BCUT2D eigenvalue weighted by atomic mass is 10.0. The fourth-order valence-electron chi connectivity index (χ4n) is 4.62. The minimum absolute atomic E-state index is 0.109. The molecular formula is C34H28ClN3O4. The van der Waals surface area contributed by atoms with Gasteiger partial charge in [-0.15, -0.1) is 0 Å². The van der Waals surface area contributed by atoms with E-state index in [1.54, 1.807) is 12.1 Å². The average molecular weight is 578 g/mol. The van der Waals surface area contributed by atoms with E-state index in [1.807, 2.05) is 84.9 Å². The molecular weight excluding hydrogens is 550 g/mol. The average Bonchev–Trinajstić information content (AvgIpc) is 3.01. The van der Waals surface area contributed by atoms with Crippen molar-refractivity contribution in [2.45, 2.75) is 19.1 Å². The van der Waals surface area contributed by atoms with Crippen molar-refractivity contribution in [1.29, 1.82) is 0 Å². The second kappa shape index (κ2) is 13.0. The molecule has 2 amide bonds. The molecule has 5 aromatic rings. The zero-order valence-electron chi connectivity index (χ0n) is 22.5. The number of pyridine rings is 1. The highest BCUT2D eigenvalue weighted by Gasteiger charge is 2.33. The number of aromatic nitrogens is 1. The van der Waals surface area contributed by atoms with Crippen molar-refractivity contribution in [3.63, 3.8) is 0 Å². The van der Waals surface area contributed by atoms with Crippen molar-refractivity contribution in [2.75, 3.05) is 0 Å². The van der Waals surface area contributed by atoms with E-state index in [0.29, 0.717) is 16.6 Å². The quantitative estimate of drug-likeness (QED) is 0.107. The highest BCUT2D eigenvalue weighted by atomic mass is 35.5. The van der Waals surface area contributed by atoms with Crippen LogP contribution in [0.5, 0.6) is 11.5 Å². The van der Waals surface area contributed by atoms with E-state index >= 15 is 0 Å². The molecule has 0 aliphatic heterocycles. The zero-order valence-corrected chi connectivity index (χ0v) is 23.3. The molecule has 0 saturated heterocycles. The molecule has 0 aliphatic carbocycles. The summed E-state index contributed by atoms with van der Waals surface area (Å²) in [5.41, 5.74) is 3.27. The van der Waals surface area contributed by atoms with Crippen LogP contribution in [0.25, 0.3) is 17.0 Å². The Bertz CT molecular complexity index is 1740. The van der Waals surface area contributed by atoms with Crippen molar-refractivity contribution in [2.24, 2.45) is 0 Å². The number of carbonyl (C=O) groups is 2. The molecule has 8 heteroatoms. The Kier molecular flexibility index (Phi) is 8.80. The van der Waals surface area contributed by atoms with Crippen LogP contribution in [0.3, 0.4) is 0 Å². The number of carbonyl (C=O) groups excluding carboxylic acids is 2. The summed E-state index contributed by atoms with van der Waals surface area (Å²) < 4.78 is 0. The summed E-state index contributed by atoms with van der Waals surface area (Å²) in [6, 6.07) is 31.2. The van der Waals surface area contributed by atoms with Crippen LogP contribution in [-0.2, 0) is 22.7 Å². The second-order valence-electron chi connectivity index (χ2n) is 9.70. The van der Waals surface area contributed by atoms with E-state index in [1.165, 1.54) is 29.2 Å². The van der Waals surface area contributed by atoms with Crippen molar-refractivity contribution >= 4 is 40.4 Å². The van der Waals surface area contributed by atoms with Gasteiger partial charge in [-0.2, -0.15) is 0 Å². The van der Waals surface area contributed by atoms with Gasteiger partial charge in [0.1, 0.15) is 11.2 Å². The minimum atomic E-state index is -1.12. The lowest BCUT2D eigenvalue weighted by molar-refractivity contribution is -0.138. The number of benzene rings is 4. The maximum Gasteiger partial charge on any atom is 0.247 e. The third kappa shape index (κ3) is 6.77. The molecule has 42 heavy (non-hydrogen) atoms. The molecule has 0 fully saturated rings. The molecule has 1 aromatic heterocycles. The number of nitrogens with one attached hydrogen (secondary N) is 1. The van der Waals surface area contributed by atoms with Crippen LogP contribution in [0, 0.1) is 0 Å². The molecule has 0 saturated carbocycles. The highest BCUT2D eigenvalue weighted by molar-refractivity contribution is 6.31. The third-order valence-electron chi connectivity index (χ3n) is 6.77. The van der Waals surface area contributed by atoms with Crippen molar-refractivity contribution < 1.29 is 19.8 Å². The Morgan fingerprint density at radius 3 is 2.21 bits per heavy atom. The van der Waals surface area contributed by atoms with Crippen molar-refractivity contribution in [1.82, 2.24) is 15.2 Å². The number of hydrogen-bond donors (Lipinski definition) is 3. The summed E-state index contributed by atoms with van der Waals surface area (Å²) in [5, 5.41) is 23.4. The normalized spacial score (nSPS) is 11.8. The maximum atomic E-state index is 14.0. The molecule has 7 nitrogen and oxygen atoms in total. The molecule has 1 heterocycles. The van der Waals surface area contributed by atoms with Gasteiger partial charge >= 0.3 is 0 Å². The van der Waals surface area contributed by atoms with E-state index in [2.05, 4.69) is 10.3 Å². The molecule has 1 unspecified atom stereocenters. The van der Waals surface area contributed by atoms with Gasteiger partial charge in [0.25, 0.3) is 0 Å². The highest BCUT2D eigenvalue weighted by Crippen LogP contribution is 2.32. The first kappa shape index (κ1) is 28.4. The van der Waals surface area contributed by atoms with Crippen molar-refractivity contribution in [3.05, 3.63) is 143 Å². The zero-order chi connectivity index (χ0) is 29.5. The van der Waals surface area contributed by atoms with Gasteiger partial charge in [-0.25, -0.2) is 4.98 Å². The number of para-hydroxylation sites is 1. The van der Waals surface area contributed by atoms with Gasteiger partial charge < -0.3 is 20.4 Å². The summed E-state index contributed by atoms with van der Waals surface area (Å²) in [5.74, 6) is -1.45. The van der Waals surface area contributed by atoms with Gasteiger partial charge in [0.15, 0.2) is 11.5 Å². The lowest BCUT2D eigenvalue weighted by Crippen LogP contribution is -2.43. The number of nitrogens with zero attached hydrogens (tertiary/aromatic N) is 2. The number of rotatable bonds is 9. The number of halogens is 1. The van der Waals surface area contributed by atoms with Crippen LogP contribution >= 0.6 is 11.6 Å². The SMILES string of the molecule is O=C(NCc1ccccc1)C(c1cc2ccccc2nc1Cl)N(Cc1ccccc1)C(=O)/C=C/c1ccc(O)c(O)c1. The summed E-state index contributed by atoms with van der Waals surface area (Å²) in [6.45, 7) is 0.363. The van der Waals surface area contributed by atoms with E-state index in [-0.39, 0.29) is 29.7 Å². The number of amides is 2. The molecule has 1 atom stereocenters. The topological polar surface area (TPSA) is 103 Å². The number of aromatic hydroxyl groups is 2. The predicted octanol–water partition coefficient (Wildman–Crippen LogP) is 6.40. The van der Waals surface area contributed by atoms with Crippen LogP contribution in [0.4, 0.5) is 0 Å². The van der Waals surface area contributed by atoms with Crippen LogP contribution in [0.2, 0.25) is 5.15 Å². The summed E-state index contributed by atoms with van der Waals surface area (Å²) in [6.07, 6.45) is 2.84. The second-order valence-corrected chi connectivity index (χ2v) is 10.1. The van der Waals surface area contributed by atoms with Gasteiger partial charge in [-0.05, 0) is 47.0 Å².